The van der Waals surface area contributed by atoms with Crippen molar-refractivity contribution in [2.75, 3.05) is 13.1 Å². The van der Waals surface area contributed by atoms with E-state index in [4.69, 9.17) is 5.73 Å². The zero-order valence-corrected chi connectivity index (χ0v) is 10.7. The van der Waals surface area contributed by atoms with Gasteiger partial charge in [-0.1, -0.05) is 6.42 Å². The van der Waals surface area contributed by atoms with Crippen molar-refractivity contribution in [3.05, 3.63) is 35.4 Å². The number of hydrogen-bond donors (Lipinski definition) is 2. The summed E-state index contributed by atoms with van der Waals surface area (Å²) < 4.78 is 26.4. The fourth-order valence-electron chi connectivity index (χ4n) is 2.33. The molecule has 1 aliphatic rings. The average molecular weight is 268 g/mol. The van der Waals surface area contributed by atoms with Crippen molar-refractivity contribution in [2.24, 2.45) is 11.1 Å². The van der Waals surface area contributed by atoms with E-state index in [0.717, 1.165) is 37.5 Å². The topological polar surface area (TPSA) is 55.1 Å². The van der Waals surface area contributed by atoms with Gasteiger partial charge in [0.15, 0.2) is 0 Å². The van der Waals surface area contributed by atoms with Gasteiger partial charge in [0, 0.05) is 12.1 Å². The van der Waals surface area contributed by atoms with Crippen molar-refractivity contribution in [2.45, 2.75) is 25.7 Å². The Kier molecular flexibility index (Phi) is 4.14. The van der Waals surface area contributed by atoms with E-state index in [1.807, 2.05) is 0 Å². The fourth-order valence-corrected chi connectivity index (χ4v) is 2.33. The van der Waals surface area contributed by atoms with E-state index in [1.54, 1.807) is 0 Å². The molecule has 1 aromatic carbocycles. The fraction of sp³-hybridized carbons (Fsp3) is 0.500. The molecular weight excluding hydrogens is 250 g/mol. The van der Waals surface area contributed by atoms with Gasteiger partial charge in [-0.3, -0.25) is 4.79 Å². The molecule has 0 spiro atoms. The largest absolute Gasteiger partial charge is 0.355 e. The lowest BCUT2D eigenvalue weighted by atomic mass is 9.69. The molecule has 2 rings (SSSR count). The molecule has 1 fully saturated rings. The maximum Gasteiger partial charge on any atom is 0.224 e. The minimum Gasteiger partial charge on any atom is -0.355 e. The molecule has 0 heterocycles. The minimum absolute atomic E-state index is 0.0101. The summed E-state index contributed by atoms with van der Waals surface area (Å²) in [5.41, 5.74) is 5.78. The van der Waals surface area contributed by atoms with Gasteiger partial charge in [-0.2, -0.15) is 0 Å². The quantitative estimate of drug-likeness (QED) is 0.855. The first kappa shape index (κ1) is 13.9. The van der Waals surface area contributed by atoms with E-state index >= 15 is 0 Å². The summed E-state index contributed by atoms with van der Waals surface area (Å²) in [7, 11) is 0. The number of nitrogens with one attached hydrogen (secondary N) is 1. The number of hydrogen-bond acceptors (Lipinski definition) is 2. The van der Waals surface area contributed by atoms with Gasteiger partial charge < -0.3 is 11.1 Å². The standard InChI is InChI=1S/C14H18F2N2O/c15-11-2-3-12(16)10(6-11)7-13(19)18-9-14(8-17)4-1-5-14/h2-3,6H,1,4-5,7-9,17H2,(H,18,19). The van der Waals surface area contributed by atoms with Crippen LogP contribution in [0.4, 0.5) is 8.78 Å². The molecule has 104 valence electrons. The SMILES string of the molecule is NCC1(CNC(=O)Cc2cc(F)ccc2F)CCC1. The lowest BCUT2D eigenvalue weighted by Gasteiger charge is -2.41. The minimum atomic E-state index is -0.561. The Morgan fingerprint density at radius 1 is 1.37 bits per heavy atom. The number of nitrogens with two attached hydrogens (primary N) is 1. The summed E-state index contributed by atoms with van der Waals surface area (Å²) in [6, 6.07) is 3.12. The van der Waals surface area contributed by atoms with Crippen molar-refractivity contribution < 1.29 is 13.6 Å². The van der Waals surface area contributed by atoms with Crippen LogP contribution in [0, 0.1) is 17.0 Å². The van der Waals surface area contributed by atoms with Crippen molar-refractivity contribution in [3.63, 3.8) is 0 Å². The van der Waals surface area contributed by atoms with Gasteiger partial charge in [-0.05, 0) is 43.0 Å². The lowest BCUT2D eigenvalue weighted by Crippen LogP contribution is -2.47. The first-order valence-corrected chi connectivity index (χ1v) is 6.45. The molecule has 0 aliphatic heterocycles. The number of amides is 1. The van der Waals surface area contributed by atoms with Crippen LogP contribution >= 0.6 is 0 Å². The highest BCUT2D eigenvalue weighted by Crippen LogP contribution is 2.39. The van der Waals surface area contributed by atoms with Gasteiger partial charge in [-0.15, -0.1) is 0 Å². The lowest BCUT2D eigenvalue weighted by molar-refractivity contribution is -0.121. The first-order valence-electron chi connectivity index (χ1n) is 6.45. The molecule has 3 nitrogen and oxygen atoms in total. The molecule has 1 aromatic rings. The van der Waals surface area contributed by atoms with Gasteiger partial charge in [0.2, 0.25) is 5.91 Å². The Hall–Kier alpha value is -1.49. The second kappa shape index (κ2) is 5.65. The van der Waals surface area contributed by atoms with Crippen LogP contribution in [0.3, 0.4) is 0 Å². The van der Waals surface area contributed by atoms with Crippen molar-refractivity contribution >= 4 is 5.91 Å². The average Bonchev–Trinajstić information content (AvgIpc) is 2.33. The molecule has 0 unspecified atom stereocenters. The molecule has 0 bridgehead atoms. The zero-order valence-electron chi connectivity index (χ0n) is 10.7. The summed E-state index contributed by atoms with van der Waals surface area (Å²) in [6.45, 7) is 1.06. The molecule has 0 saturated heterocycles. The Morgan fingerprint density at radius 3 is 2.68 bits per heavy atom. The summed E-state index contributed by atoms with van der Waals surface area (Å²) in [5, 5.41) is 2.76. The second-order valence-electron chi connectivity index (χ2n) is 5.25. The molecule has 19 heavy (non-hydrogen) atoms. The summed E-state index contributed by atoms with van der Waals surface area (Å²) in [6.07, 6.45) is 3.01. The maximum absolute atomic E-state index is 13.4. The van der Waals surface area contributed by atoms with Crippen LogP contribution in [-0.4, -0.2) is 19.0 Å². The smallest absolute Gasteiger partial charge is 0.224 e. The van der Waals surface area contributed by atoms with Crippen molar-refractivity contribution in [3.8, 4) is 0 Å². The van der Waals surface area contributed by atoms with Gasteiger partial charge in [-0.25, -0.2) is 8.78 Å². The van der Waals surface area contributed by atoms with E-state index in [0.29, 0.717) is 13.1 Å². The van der Waals surface area contributed by atoms with E-state index in [-0.39, 0.29) is 23.3 Å². The van der Waals surface area contributed by atoms with Gasteiger partial charge in [0.1, 0.15) is 11.6 Å². The van der Waals surface area contributed by atoms with Crippen LogP contribution in [0.25, 0.3) is 0 Å². The normalized spacial score (nSPS) is 16.8. The molecule has 1 saturated carbocycles. The van der Waals surface area contributed by atoms with Crippen LogP contribution < -0.4 is 11.1 Å². The predicted molar refractivity (Wildman–Crippen MR) is 68.4 cm³/mol. The highest BCUT2D eigenvalue weighted by molar-refractivity contribution is 5.78. The third-order valence-corrected chi connectivity index (χ3v) is 3.87. The number of rotatable bonds is 5. The maximum atomic E-state index is 13.4. The molecule has 0 radical (unpaired) electrons. The van der Waals surface area contributed by atoms with E-state index in [9.17, 15) is 13.6 Å². The number of carbonyl (C=O) groups is 1. The Balaban J connectivity index is 1.89. The second-order valence-corrected chi connectivity index (χ2v) is 5.25. The van der Waals surface area contributed by atoms with E-state index in [1.165, 1.54) is 0 Å². The summed E-state index contributed by atoms with van der Waals surface area (Å²) >= 11 is 0. The Morgan fingerprint density at radius 2 is 2.11 bits per heavy atom. The Labute approximate surface area is 111 Å². The monoisotopic (exact) mass is 268 g/mol. The van der Waals surface area contributed by atoms with E-state index in [2.05, 4.69) is 5.32 Å². The molecule has 0 aromatic heterocycles. The first-order chi connectivity index (χ1) is 9.04. The molecule has 0 atom stereocenters. The van der Waals surface area contributed by atoms with Gasteiger partial charge in [0.25, 0.3) is 0 Å². The van der Waals surface area contributed by atoms with Crippen LogP contribution in [0.15, 0.2) is 18.2 Å². The number of carbonyl (C=O) groups excluding carboxylic acids is 1. The van der Waals surface area contributed by atoms with Crippen LogP contribution in [0.1, 0.15) is 24.8 Å². The van der Waals surface area contributed by atoms with Crippen molar-refractivity contribution in [1.82, 2.24) is 5.32 Å². The van der Waals surface area contributed by atoms with Crippen LogP contribution in [-0.2, 0) is 11.2 Å². The number of halogens is 2. The van der Waals surface area contributed by atoms with Crippen LogP contribution in [0.2, 0.25) is 0 Å². The number of benzene rings is 1. The third-order valence-electron chi connectivity index (χ3n) is 3.87. The highest BCUT2D eigenvalue weighted by Gasteiger charge is 2.35. The predicted octanol–water partition coefficient (Wildman–Crippen LogP) is 1.75. The summed E-state index contributed by atoms with van der Waals surface area (Å²) in [4.78, 5) is 11.7. The van der Waals surface area contributed by atoms with Crippen LogP contribution in [0.5, 0.6) is 0 Å². The Bertz CT molecular complexity index is 467. The molecule has 3 N–H and O–H groups in total. The van der Waals surface area contributed by atoms with Crippen molar-refractivity contribution in [1.29, 1.82) is 0 Å². The van der Waals surface area contributed by atoms with Gasteiger partial charge in [0.05, 0.1) is 6.42 Å². The molecule has 1 amide bonds. The highest BCUT2D eigenvalue weighted by atomic mass is 19.1. The molecular formula is C14H18F2N2O. The third kappa shape index (κ3) is 3.29. The van der Waals surface area contributed by atoms with E-state index < -0.39 is 11.6 Å². The summed E-state index contributed by atoms with van der Waals surface area (Å²) in [5.74, 6) is -1.40. The van der Waals surface area contributed by atoms with Gasteiger partial charge >= 0.3 is 0 Å². The molecule has 5 heteroatoms. The molecule has 1 aliphatic carbocycles. The zero-order chi connectivity index (χ0) is 13.9.